The zero-order valence-corrected chi connectivity index (χ0v) is 8.40. The van der Waals surface area contributed by atoms with Gasteiger partial charge in [0.1, 0.15) is 0 Å². The number of carbonyl (C=O) groups is 1. The lowest BCUT2D eigenvalue weighted by Crippen LogP contribution is -2.38. The lowest BCUT2D eigenvalue weighted by molar-refractivity contribution is 0.122. The monoisotopic (exact) mass is 193 g/mol. The van der Waals surface area contributed by atoms with E-state index in [4.69, 9.17) is 4.74 Å². The molecule has 0 bridgehead atoms. The number of likely N-dealkylation sites (tertiary alicyclic amines) is 1. The van der Waals surface area contributed by atoms with Gasteiger partial charge >= 0.3 is 6.09 Å². The Bertz CT molecular complexity index is 294. The van der Waals surface area contributed by atoms with Crippen molar-refractivity contribution in [3.05, 3.63) is 23.9 Å². The summed E-state index contributed by atoms with van der Waals surface area (Å²) in [5.41, 5.74) is 1.13. The van der Waals surface area contributed by atoms with E-state index in [1.807, 2.05) is 12.2 Å². The summed E-state index contributed by atoms with van der Waals surface area (Å²) in [6.07, 6.45) is 9.30. The van der Waals surface area contributed by atoms with Crippen molar-refractivity contribution < 1.29 is 9.53 Å². The molecule has 2 rings (SSSR count). The standard InChI is InChI=1S/C11H15NO2/c1-14-11(13)12-8-4-6-9-5-2-3-7-10(9)12/h2-3,7,9H,4-6,8H2,1H3. The second kappa shape index (κ2) is 3.86. The highest BCUT2D eigenvalue weighted by molar-refractivity contribution is 5.70. The summed E-state index contributed by atoms with van der Waals surface area (Å²) >= 11 is 0. The molecule has 0 aromatic carbocycles. The molecule has 1 saturated heterocycles. The largest absolute Gasteiger partial charge is 0.452 e. The van der Waals surface area contributed by atoms with Crippen molar-refractivity contribution in [2.75, 3.05) is 13.7 Å². The maximum absolute atomic E-state index is 11.5. The number of ether oxygens (including phenoxy) is 1. The van der Waals surface area contributed by atoms with Gasteiger partial charge in [0.2, 0.25) is 0 Å². The molecule has 0 aromatic heterocycles. The van der Waals surface area contributed by atoms with Gasteiger partial charge in [-0.05, 0) is 25.3 Å². The Labute approximate surface area is 84.0 Å². The molecule has 1 aliphatic carbocycles. The highest BCUT2D eigenvalue weighted by atomic mass is 16.5. The van der Waals surface area contributed by atoms with Crippen molar-refractivity contribution in [2.45, 2.75) is 19.3 Å². The van der Waals surface area contributed by atoms with Crippen LogP contribution >= 0.6 is 0 Å². The molecule has 1 atom stereocenters. The van der Waals surface area contributed by atoms with Crippen molar-refractivity contribution in [2.24, 2.45) is 5.92 Å². The number of hydrogen-bond acceptors (Lipinski definition) is 2. The molecule has 0 spiro atoms. The number of allylic oxidation sites excluding steroid dienone is 4. The van der Waals surface area contributed by atoms with E-state index < -0.39 is 0 Å². The highest BCUT2D eigenvalue weighted by Crippen LogP contribution is 2.32. The summed E-state index contributed by atoms with van der Waals surface area (Å²) in [5.74, 6) is 0.521. The Morgan fingerprint density at radius 3 is 3.29 bits per heavy atom. The third kappa shape index (κ3) is 1.54. The summed E-state index contributed by atoms with van der Waals surface area (Å²) in [6, 6.07) is 0. The minimum atomic E-state index is -0.226. The van der Waals surface area contributed by atoms with Crippen LogP contribution in [0.2, 0.25) is 0 Å². The number of methoxy groups -OCH3 is 1. The maximum Gasteiger partial charge on any atom is 0.413 e. The van der Waals surface area contributed by atoms with E-state index in [0.29, 0.717) is 5.92 Å². The molecule has 0 saturated carbocycles. The number of hydrogen-bond donors (Lipinski definition) is 0. The van der Waals surface area contributed by atoms with Gasteiger partial charge in [0.25, 0.3) is 0 Å². The van der Waals surface area contributed by atoms with Crippen LogP contribution in [0, 0.1) is 5.92 Å². The van der Waals surface area contributed by atoms with E-state index in [9.17, 15) is 4.79 Å². The van der Waals surface area contributed by atoms with Gasteiger partial charge < -0.3 is 4.74 Å². The predicted molar refractivity (Wildman–Crippen MR) is 53.7 cm³/mol. The molecular formula is C11H15NO2. The summed E-state index contributed by atoms with van der Waals surface area (Å²) in [6.45, 7) is 0.794. The lowest BCUT2D eigenvalue weighted by Gasteiger charge is -2.35. The van der Waals surface area contributed by atoms with Crippen LogP contribution in [0.5, 0.6) is 0 Å². The SMILES string of the molecule is COC(=O)N1CCCC2CC=CC=C21. The van der Waals surface area contributed by atoms with E-state index in [2.05, 4.69) is 6.08 Å². The fraction of sp³-hybridized carbons (Fsp3) is 0.545. The van der Waals surface area contributed by atoms with Crippen LogP contribution in [-0.4, -0.2) is 24.6 Å². The topological polar surface area (TPSA) is 29.5 Å². The van der Waals surface area contributed by atoms with Crippen molar-refractivity contribution in [1.29, 1.82) is 0 Å². The number of piperidine rings is 1. The van der Waals surface area contributed by atoms with Crippen LogP contribution in [-0.2, 0) is 4.74 Å². The van der Waals surface area contributed by atoms with Gasteiger partial charge in [-0.1, -0.05) is 12.2 Å². The van der Waals surface area contributed by atoms with Crippen molar-refractivity contribution >= 4 is 6.09 Å². The molecule has 14 heavy (non-hydrogen) atoms. The number of carbonyl (C=O) groups excluding carboxylic acids is 1. The Hall–Kier alpha value is -1.25. The molecule has 1 unspecified atom stereocenters. The van der Waals surface area contributed by atoms with Crippen LogP contribution < -0.4 is 0 Å². The summed E-state index contributed by atoms with van der Waals surface area (Å²) in [5, 5.41) is 0. The van der Waals surface area contributed by atoms with Gasteiger partial charge in [-0.2, -0.15) is 0 Å². The number of rotatable bonds is 0. The highest BCUT2D eigenvalue weighted by Gasteiger charge is 2.29. The second-order valence-corrected chi connectivity index (χ2v) is 3.72. The van der Waals surface area contributed by atoms with Crippen molar-refractivity contribution in [3.8, 4) is 0 Å². The first-order chi connectivity index (χ1) is 6.83. The molecule has 2 aliphatic rings. The molecule has 3 nitrogen and oxygen atoms in total. The predicted octanol–water partition coefficient (Wildman–Crippen LogP) is 2.31. The van der Waals surface area contributed by atoms with Gasteiger partial charge in [0.05, 0.1) is 7.11 Å². The molecule has 1 aliphatic heterocycles. The van der Waals surface area contributed by atoms with E-state index >= 15 is 0 Å². The summed E-state index contributed by atoms with van der Waals surface area (Å²) in [7, 11) is 1.44. The summed E-state index contributed by atoms with van der Waals surface area (Å²) < 4.78 is 4.76. The van der Waals surface area contributed by atoms with Crippen molar-refractivity contribution in [1.82, 2.24) is 4.90 Å². The van der Waals surface area contributed by atoms with Crippen LogP contribution in [0.25, 0.3) is 0 Å². The molecule has 0 aromatic rings. The fourth-order valence-corrected chi connectivity index (χ4v) is 2.17. The van der Waals surface area contributed by atoms with E-state index in [1.54, 1.807) is 4.90 Å². The molecular weight excluding hydrogens is 178 g/mol. The molecule has 0 N–H and O–H groups in total. The molecule has 1 fully saturated rings. The second-order valence-electron chi connectivity index (χ2n) is 3.72. The normalized spacial score (nSPS) is 25.4. The lowest BCUT2D eigenvalue weighted by atomic mass is 9.88. The van der Waals surface area contributed by atoms with Gasteiger partial charge in [0, 0.05) is 18.2 Å². The maximum atomic E-state index is 11.5. The molecule has 3 heteroatoms. The van der Waals surface area contributed by atoms with Crippen LogP contribution in [0.4, 0.5) is 4.79 Å². The molecule has 1 heterocycles. The fourth-order valence-electron chi connectivity index (χ4n) is 2.17. The van der Waals surface area contributed by atoms with E-state index in [-0.39, 0.29) is 6.09 Å². The minimum Gasteiger partial charge on any atom is -0.452 e. The number of nitrogens with zero attached hydrogens (tertiary/aromatic N) is 1. The zero-order valence-electron chi connectivity index (χ0n) is 8.40. The average Bonchev–Trinajstić information content (AvgIpc) is 2.27. The van der Waals surface area contributed by atoms with E-state index in [0.717, 1.165) is 25.1 Å². The Morgan fingerprint density at radius 2 is 2.50 bits per heavy atom. The molecule has 1 amide bonds. The number of fused-ring (bicyclic) bond motifs is 1. The first kappa shape index (κ1) is 9.31. The Morgan fingerprint density at radius 1 is 1.64 bits per heavy atom. The molecule has 76 valence electrons. The average molecular weight is 193 g/mol. The van der Waals surface area contributed by atoms with Gasteiger partial charge in [-0.25, -0.2) is 4.79 Å². The van der Waals surface area contributed by atoms with E-state index in [1.165, 1.54) is 13.5 Å². The quantitative estimate of drug-likeness (QED) is 0.590. The van der Waals surface area contributed by atoms with Gasteiger partial charge in [0.15, 0.2) is 0 Å². The van der Waals surface area contributed by atoms with Crippen molar-refractivity contribution in [3.63, 3.8) is 0 Å². The van der Waals surface area contributed by atoms with Crippen LogP contribution in [0.1, 0.15) is 19.3 Å². The summed E-state index contributed by atoms with van der Waals surface area (Å²) in [4.78, 5) is 13.2. The first-order valence-electron chi connectivity index (χ1n) is 5.05. The Balaban J connectivity index is 2.20. The first-order valence-corrected chi connectivity index (χ1v) is 5.05. The van der Waals surface area contributed by atoms with Gasteiger partial charge in [-0.15, -0.1) is 0 Å². The number of amides is 1. The zero-order chi connectivity index (χ0) is 9.97. The third-order valence-electron chi connectivity index (χ3n) is 2.88. The minimum absolute atomic E-state index is 0.226. The Kier molecular flexibility index (Phi) is 2.57. The third-order valence-corrected chi connectivity index (χ3v) is 2.88. The van der Waals surface area contributed by atoms with Crippen LogP contribution in [0.15, 0.2) is 23.9 Å². The molecule has 0 radical (unpaired) electrons. The van der Waals surface area contributed by atoms with Crippen LogP contribution in [0.3, 0.4) is 0 Å². The smallest absolute Gasteiger partial charge is 0.413 e. The van der Waals surface area contributed by atoms with Gasteiger partial charge in [-0.3, -0.25) is 4.90 Å².